The fourth-order valence-corrected chi connectivity index (χ4v) is 2.37. The summed E-state index contributed by atoms with van der Waals surface area (Å²) < 4.78 is 10.8. The number of halogens is 1. The van der Waals surface area contributed by atoms with Gasteiger partial charge in [-0.25, -0.2) is 4.98 Å². The van der Waals surface area contributed by atoms with Crippen molar-refractivity contribution in [1.82, 2.24) is 4.98 Å². The maximum absolute atomic E-state index is 12.3. The number of hydrogen-bond acceptors (Lipinski definition) is 5. The van der Waals surface area contributed by atoms with Gasteiger partial charge in [-0.2, -0.15) is 0 Å². The first-order valence-electron chi connectivity index (χ1n) is 7.69. The van der Waals surface area contributed by atoms with Gasteiger partial charge in [0.05, 0.1) is 12.1 Å². The Morgan fingerprint density at radius 1 is 1.12 bits per heavy atom. The van der Waals surface area contributed by atoms with Crippen molar-refractivity contribution in [2.45, 2.75) is 0 Å². The third kappa shape index (κ3) is 4.23. The zero-order valence-electron chi connectivity index (χ0n) is 13.9. The highest BCUT2D eigenvalue weighted by molar-refractivity contribution is 6.30. The first kappa shape index (κ1) is 17.6. The SMILES string of the molecule is COc1ccc(C(=O)Nc2cccc(Oc3cc(Cl)cnc3N)c2)cc1. The summed E-state index contributed by atoms with van der Waals surface area (Å²) in [6.07, 6.45) is 1.44. The first-order chi connectivity index (χ1) is 12.5. The van der Waals surface area contributed by atoms with Gasteiger partial charge in [0.1, 0.15) is 11.5 Å². The molecule has 0 aliphatic rings. The molecule has 0 radical (unpaired) electrons. The highest BCUT2D eigenvalue weighted by Crippen LogP contribution is 2.29. The molecule has 1 heterocycles. The number of ether oxygens (including phenoxy) is 2. The minimum Gasteiger partial charge on any atom is -0.497 e. The predicted molar refractivity (Wildman–Crippen MR) is 101 cm³/mol. The number of nitrogens with two attached hydrogens (primary N) is 1. The molecule has 3 rings (SSSR count). The number of carbonyl (C=O) groups excluding carboxylic acids is 1. The summed E-state index contributed by atoms with van der Waals surface area (Å²) in [5.41, 5.74) is 6.88. The minimum atomic E-state index is -0.242. The average molecular weight is 370 g/mol. The maximum Gasteiger partial charge on any atom is 0.255 e. The van der Waals surface area contributed by atoms with Crippen LogP contribution in [0.15, 0.2) is 60.8 Å². The van der Waals surface area contributed by atoms with Crippen molar-refractivity contribution in [3.63, 3.8) is 0 Å². The van der Waals surface area contributed by atoms with E-state index < -0.39 is 0 Å². The van der Waals surface area contributed by atoms with Crippen LogP contribution in [-0.4, -0.2) is 18.0 Å². The molecule has 0 saturated carbocycles. The van der Waals surface area contributed by atoms with E-state index in [0.717, 1.165) is 0 Å². The highest BCUT2D eigenvalue weighted by atomic mass is 35.5. The molecule has 2 aromatic carbocycles. The number of rotatable bonds is 5. The summed E-state index contributed by atoms with van der Waals surface area (Å²) in [5.74, 6) is 1.50. The smallest absolute Gasteiger partial charge is 0.255 e. The van der Waals surface area contributed by atoms with Crippen molar-refractivity contribution in [2.24, 2.45) is 0 Å². The lowest BCUT2D eigenvalue weighted by Gasteiger charge is -2.10. The van der Waals surface area contributed by atoms with Gasteiger partial charge in [0, 0.05) is 29.6 Å². The van der Waals surface area contributed by atoms with E-state index in [1.165, 1.54) is 6.20 Å². The lowest BCUT2D eigenvalue weighted by atomic mass is 10.2. The molecule has 0 bridgehead atoms. The molecular formula is C19H16ClN3O3. The molecule has 0 aliphatic heterocycles. The number of pyridine rings is 1. The predicted octanol–water partition coefficient (Wildman–Crippen LogP) is 4.37. The van der Waals surface area contributed by atoms with Crippen LogP contribution in [0, 0.1) is 0 Å². The summed E-state index contributed by atoms with van der Waals surface area (Å²) in [6.45, 7) is 0. The van der Waals surface area contributed by atoms with Crippen molar-refractivity contribution in [3.05, 3.63) is 71.4 Å². The number of carbonyl (C=O) groups is 1. The van der Waals surface area contributed by atoms with Crippen LogP contribution in [0.5, 0.6) is 17.2 Å². The Morgan fingerprint density at radius 2 is 1.88 bits per heavy atom. The van der Waals surface area contributed by atoms with E-state index in [-0.39, 0.29) is 11.7 Å². The van der Waals surface area contributed by atoms with Gasteiger partial charge in [0.15, 0.2) is 11.6 Å². The highest BCUT2D eigenvalue weighted by Gasteiger charge is 2.09. The molecule has 0 atom stereocenters. The largest absolute Gasteiger partial charge is 0.497 e. The molecule has 7 heteroatoms. The summed E-state index contributed by atoms with van der Waals surface area (Å²) >= 11 is 5.91. The Bertz CT molecular complexity index is 930. The number of benzene rings is 2. The van der Waals surface area contributed by atoms with E-state index in [4.69, 9.17) is 26.8 Å². The molecule has 0 fully saturated rings. The molecule has 0 unspecified atom stereocenters. The van der Waals surface area contributed by atoms with Gasteiger partial charge in [-0.15, -0.1) is 0 Å². The summed E-state index contributed by atoms with van der Waals surface area (Å²) in [6, 6.07) is 15.3. The normalized spacial score (nSPS) is 10.2. The molecule has 1 amide bonds. The molecule has 0 spiro atoms. The van der Waals surface area contributed by atoms with Gasteiger partial charge in [0.2, 0.25) is 0 Å². The van der Waals surface area contributed by atoms with Crippen LogP contribution >= 0.6 is 11.6 Å². The number of hydrogen-bond donors (Lipinski definition) is 2. The Labute approximate surface area is 155 Å². The number of aromatic nitrogens is 1. The Balaban J connectivity index is 1.74. The molecule has 3 N–H and O–H groups in total. The van der Waals surface area contributed by atoms with Gasteiger partial charge in [-0.3, -0.25) is 4.79 Å². The van der Waals surface area contributed by atoms with Crippen LogP contribution in [0.4, 0.5) is 11.5 Å². The van der Waals surface area contributed by atoms with Crippen LogP contribution in [0.2, 0.25) is 5.02 Å². The summed E-state index contributed by atoms with van der Waals surface area (Å²) in [4.78, 5) is 16.3. The lowest BCUT2D eigenvalue weighted by Crippen LogP contribution is -2.11. The van der Waals surface area contributed by atoms with Crippen LogP contribution in [0.1, 0.15) is 10.4 Å². The standard InChI is InChI=1S/C19H16ClN3O3/c1-25-15-7-5-12(6-8-15)19(24)23-14-3-2-4-16(10-14)26-17-9-13(20)11-22-18(17)21/h2-11H,1H3,(H2,21,22)(H,23,24). The van der Waals surface area contributed by atoms with Gasteiger partial charge in [-0.05, 0) is 36.4 Å². The number of nitrogen functional groups attached to an aromatic ring is 1. The van der Waals surface area contributed by atoms with Gasteiger partial charge in [0.25, 0.3) is 5.91 Å². The second kappa shape index (κ2) is 7.76. The van der Waals surface area contributed by atoms with E-state index in [1.807, 2.05) is 0 Å². The molecule has 6 nitrogen and oxygen atoms in total. The van der Waals surface area contributed by atoms with E-state index >= 15 is 0 Å². The first-order valence-corrected chi connectivity index (χ1v) is 8.07. The fourth-order valence-electron chi connectivity index (χ4n) is 2.22. The van der Waals surface area contributed by atoms with Crippen LogP contribution < -0.4 is 20.5 Å². The molecule has 26 heavy (non-hydrogen) atoms. The topological polar surface area (TPSA) is 86.5 Å². The molecular weight excluding hydrogens is 354 g/mol. The Morgan fingerprint density at radius 3 is 2.62 bits per heavy atom. The summed E-state index contributed by atoms with van der Waals surface area (Å²) in [5, 5.41) is 3.23. The zero-order valence-corrected chi connectivity index (χ0v) is 14.7. The van der Waals surface area contributed by atoms with Gasteiger partial charge < -0.3 is 20.5 Å². The fraction of sp³-hybridized carbons (Fsp3) is 0.0526. The second-order valence-corrected chi connectivity index (χ2v) is 5.79. The van der Waals surface area contributed by atoms with Crippen molar-refractivity contribution in [1.29, 1.82) is 0 Å². The number of methoxy groups -OCH3 is 1. The number of nitrogens with one attached hydrogen (secondary N) is 1. The van der Waals surface area contributed by atoms with E-state index in [1.54, 1.807) is 61.7 Å². The summed E-state index contributed by atoms with van der Waals surface area (Å²) in [7, 11) is 1.57. The second-order valence-electron chi connectivity index (χ2n) is 5.35. The van der Waals surface area contributed by atoms with E-state index in [2.05, 4.69) is 10.3 Å². The number of anilines is 2. The number of nitrogens with zero attached hydrogens (tertiary/aromatic N) is 1. The zero-order chi connectivity index (χ0) is 18.5. The molecule has 0 saturated heterocycles. The van der Waals surface area contributed by atoms with Gasteiger partial charge in [-0.1, -0.05) is 17.7 Å². The van der Waals surface area contributed by atoms with Crippen molar-refractivity contribution in [2.75, 3.05) is 18.2 Å². The van der Waals surface area contributed by atoms with Crippen LogP contribution in [0.25, 0.3) is 0 Å². The van der Waals surface area contributed by atoms with Gasteiger partial charge >= 0.3 is 0 Å². The monoisotopic (exact) mass is 369 g/mol. The quantitative estimate of drug-likeness (QED) is 0.697. The lowest BCUT2D eigenvalue weighted by molar-refractivity contribution is 0.102. The third-order valence-electron chi connectivity index (χ3n) is 3.52. The third-order valence-corrected chi connectivity index (χ3v) is 3.73. The Hall–Kier alpha value is -3.25. The number of amides is 1. The minimum absolute atomic E-state index is 0.224. The molecule has 3 aromatic rings. The van der Waals surface area contributed by atoms with Crippen molar-refractivity contribution in [3.8, 4) is 17.2 Å². The van der Waals surface area contributed by atoms with Crippen molar-refractivity contribution < 1.29 is 14.3 Å². The molecule has 1 aromatic heterocycles. The van der Waals surface area contributed by atoms with Crippen LogP contribution in [0.3, 0.4) is 0 Å². The average Bonchev–Trinajstić information content (AvgIpc) is 2.65. The van der Waals surface area contributed by atoms with E-state index in [0.29, 0.717) is 33.5 Å². The van der Waals surface area contributed by atoms with Crippen molar-refractivity contribution >= 4 is 29.0 Å². The molecule has 132 valence electrons. The van der Waals surface area contributed by atoms with Crippen LogP contribution in [-0.2, 0) is 0 Å². The molecule has 0 aliphatic carbocycles. The Kier molecular flexibility index (Phi) is 5.24. The maximum atomic E-state index is 12.3. The van der Waals surface area contributed by atoms with E-state index in [9.17, 15) is 4.79 Å².